The number of aryl methyl sites for hydroxylation is 3. The number of amides is 4. The molecule has 3 aromatic rings. The summed E-state index contributed by atoms with van der Waals surface area (Å²) in [5, 5.41) is 31.9. The van der Waals surface area contributed by atoms with E-state index in [9.17, 15) is 9.59 Å². The molecule has 184 valence electrons. The molecule has 0 fully saturated rings. The summed E-state index contributed by atoms with van der Waals surface area (Å²) in [6.07, 6.45) is 4.74. The zero-order valence-electron chi connectivity index (χ0n) is 20.0. The topological polar surface area (TPSA) is 160 Å². The molecule has 0 unspecified atom stereocenters. The molecule has 0 atom stereocenters. The van der Waals surface area contributed by atoms with Crippen LogP contribution >= 0.6 is 0 Å². The van der Waals surface area contributed by atoms with Crippen molar-refractivity contribution >= 4 is 29.1 Å². The SMILES string of the molecule is Cc1ccc(NC(=O)N(C(=O)Nc2ccc(C)c(OC#N)c2)c2ccc(C)c(OC#N)c2)cc1OC#N. The van der Waals surface area contributed by atoms with Crippen molar-refractivity contribution in [3.8, 4) is 36.0 Å². The maximum absolute atomic E-state index is 13.4. The Morgan fingerprint density at radius 1 is 0.649 bits per heavy atom. The lowest BCUT2D eigenvalue weighted by molar-refractivity contribution is 0.246. The molecule has 4 amide bonds. The Bertz CT molecular complexity index is 1400. The summed E-state index contributed by atoms with van der Waals surface area (Å²) in [6, 6.07) is 12.1. The molecule has 0 heterocycles. The van der Waals surface area contributed by atoms with E-state index < -0.39 is 12.1 Å². The molecule has 0 bridgehead atoms. The molecule has 0 aliphatic rings. The molecule has 3 aromatic carbocycles. The van der Waals surface area contributed by atoms with Crippen molar-refractivity contribution in [1.29, 1.82) is 15.8 Å². The number of nitriles is 3. The van der Waals surface area contributed by atoms with Gasteiger partial charge in [-0.3, -0.25) is 0 Å². The Hall–Kier alpha value is -5.73. The van der Waals surface area contributed by atoms with Crippen molar-refractivity contribution in [3.05, 3.63) is 71.3 Å². The third-order valence-corrected chi connectivity index (χ3v) is 5.18. The van der Waals surface area contributed by atoms with Crippen LogP contribution in [0.2, 0.25) is 0 Å². The summed E-state index contributed by atoms with van der Waals surface area (Å²) < 4.78 is 14.8. The molecule has 0 saturated carbocycles. The summed E-state index contributed by atoms with van der Waals surface area (Å²) in [5.41, 5.74) is 2.58. The molecule has 0 aliphatic carbocycles. The van der Waals surface area contributed by atoms with Gasteiger partial charge in [0.25, 0.3) is 18.8 Å². The summed E-state index contributed by atoms with van der Waals surface area (Å²) in [6.45, 7) is 5.16. The van der Waals surface area contributed by atoms with Gasteiger partial charge >= 0.3 is 12.1 Å². The van der Waals surface area contributed by atoms with Gasteiger partial charge in [0, 0.05) is 29.6 Å². The highest BCUT2D eigenvalue weighted by molar-refractivity contribution is 6.21. The van der Waals surface area contributed by atoms with Gasteiger partial charge in [0.15, 0.2) is 0 Å². The highest BCUT2D eigenvalue weighted by atomic mass is 16.5. The zero-order valence-corrected chi connectivity index (χ0v) is 20.0. The standard InChI is InChI=1S/C26H20N6O5/c1-16-4-7-19(10-22(16)35-13-27)30-25(33)32(21-9-6-18(3)24(12-21)37-15-29)26(34)31-20-8-5-17(2)23(11-20)36-14-28/h4-12H,1-3H3,(H,30,33)(H,31,34). The number of anilines is 3. The molecule has 0 aliphatic heterocycles. The Morgan fingerprint density at radius 3 is 1.43 bits per heavy atom. The Labute approximate surface area is 212 Å². The van der Waals surface area contributed by atoms with Gasteiger partial charge in [-0.1, -0.05) is 18.2 Å². The monoisotopic (exact) mass is 496 g/mol. The summed E-state index contributed by atoms with van der Waals surface area (Å²) >= 11 is 0. The van der Waals surface area contributed by atoms with Gasteiger partial charge in [0.2, 0.25) is 0 Å². The number of urea groups is 2. The van der Waals surface area contributed by atoms with E-state index in [4.69, 9.17) is 30.0 Å². The van der Waals surface area contributed by atoms with Crippen LogP contribution < -0.4 is 29.7 Å². The number of imide groups is 1. The smallest absolute Gasteiger partial charge is 0.334 e. The second-order valence-corrected chi connectivity index (χ2v) is 7.69. The lowest BCUT2D eigenvalue weighted by atomic mass is 10.2. The van der Waals surface area contributed by atoms with Gasteiger partial charge in [0.05, 0.1) is 5.69 Å². The van der Waals surface area contributed by atoms with Crippen LogP contribution in [-0.4, -0.2) is 12.1 Å². The van der Waals surface area contributed by atoms with Gasteiger partial charge < -0.3 is 24.8 Å². The predicted molar refractivity (Wildman–Crippen MR) is 133 cm³/mol. The Morgan fingerprint density at radius 2 is 1.03 bits per heavy atom. The third kappa shape index (κ3) is 6.24. The van der Waals surface area contributed by atoms with Crippen LogP contribution in [0, 0.1) is 55.3 Å². The second kappa shape index (κ2) is 11.6. The van der Waals surface area contributed by atoms with Crippen LogP contribution in [0.4, 0.5) is 26.7 Å². The largest absolute Gasteiger partial charge is 0.388 e. The fraction of sp³-hybridized carbons (Fsp3) is 0.115. The molecular formula is C26H20N6O5. The minimum atomic E-state index is -0.850. The first kappa shape index (κ1) is 25.9. The number of hydrogen-bond acceptors (Lipinski definition) is 8. The van der Waals surface area contributed by atoms with Crippen molar-refractivity contribution in [3.63, 3.8) is 0 Å². The number of rotatable bonds is 6. The fourth-order valence-electron chi connectivity index (χ4n) is 3.25. The summed E-state index contributed by atoms with van der Waals surface area (Å²) in [4.78, 5) is 27.5. The van der Waals surface area contributed by atoms with E-state index in [2.05, 4.69) is 10.6 Å². The molecular weight excluding hydrogens is 476 g/mol. The number of hydrogen-bond donors (Lipinski definition) is 2. The van der Waals surface area contributed by atoms with Gasteiger partial charge in [-0.05, 0) is 55.7 Å². The second-order valence-electron chi connectivity index (χ2n) is 7.69. The molecule has 3 rings (SSSR count). The van der Waals surface area contributed by atoms with Gasteiger partial charge in [-0.15, -0.1) is 15.8 Å². The normalized spacial score (nSPS) is 9.62. The highest BCUT2D eigenvalue weighted by Crippen LogP contribution is 2.29. The Kier molecular flexibility index (Phi) is 8.12. The van der Waals surface area contributed by atoms with Crippen molar-refractivity contribution in [1.82, 2.24) is 0 Å². The third-order valence-electron chi connectivity index (χ3n) is 5.18. The molecule has 0 saturated heterocycles. The van der Waals surface area contributed by atoms with E-state index in [-0.39, 0.29) is 34.3 Å². The maximum Gasteiger partial charge on any atom is 0.334 e. The highest BCUT2D eigenvalue weighted by Gasteiger charge is 2.25. The van der Waals surface area contributed by atoms with Crippen molar-refractivity contribution in [2.75, 3.05) is 15.5 Å². The van der Waals surface area contributed by atoms with E-state index >= 15 is 0 Å². The number of ether oxygens (including phenoxy) is 3. The first-order chi connectivity index (χ1) is 17.8. The van der Waals surface area contributed by atoms with Crippen LogP contribution in [0.5, 0.6) is 17.2 Å². The van der Waals surface area contributed by atoms with Gasteiger partial charge in [-0.25, -0.2) is 14.5 Å². The molecule has 11 heteroatoms. The lowest BCUT2D eigenvalue weighted by Crippen LogP contribution is -2.42. The van der Waals surface area contributed by atoms with Gasteiger partial charge in [-0.2, -0.15) is 0 Å². The molecule has 0 aromatic heterocycles. The van der Waals surface area contributed by atoms with Crippen LogP contribution in [0.15, 0.2) is 54.6 Å². The summed E-state index contributed by atoms with van der Waals surface area (Å²) in [7, 11) is 0. The van der Waals surface area contributed by atoms with E-state index in [1.165, 1.54) is 24.3 Å². The first-order valence-electron chi connectivity index (χ1n) is 10.7. The predicted octanol–water partition coefficient (Wildman–Crippen LogP) is 5.46. The minimum absolute atomic E-state index is 0.104. The van der Waals surface area contributed by atoms with Crippen molar-refractivity contribution < 1.29 is 23.8 Å². The van der Waals surface area contributed by atoms with Crippen LogP contribution in [0.25, 0.3) is 0 Å². The van der Waals surface area contributed by atoms with Crippen LogP contribution in [0.3, 0.4) is 0 Å². The van der Waals surface area contributed by atoms with E-state index in [0.717, 1.165) is 4.90 Å². The molecule has 0 spiro atoms. The molecule has 37 heavy (non-hydrogen) atoms. The minimum Gasteiger partial charge on any atom is -0.388 e. The first-order valence-corrected chi connectivity index (χ1v) is 10.7. The van der Waals surface area contributed by atoms with Crippen LogP contribution in [0.1, 0.15) is 16.7 Å². The number of nitrogens with zero attached hydrogens (tertiary/aromatic N) is 4. The molecule has 2 N–H and O–H groups in total. The van der Waals surface area contributed by atoms with Crippen molar-refractivity contribution in [2.24, 2.45) is 0 Å². The number of carbonyl (C=O) groups excluding carboxylic acids is 2. The van der Waals surface area contributed by atoms with Crippen molar-refractivity contribution in [2.45, 2.75) is 20.8 Å². The zero-order chi connectivity index (χ0) is 26.9. The Balaban J connectivity index is 1.99. The number of nitrogens with one attached hydrogen (secondary N) is 2. The van der Waals surface area contributed by atoms with Gasteiger partial charge in [0.1, 0.15) is 17.2 Å². The quantitative estimate of drug-likeness (QED) is 0.425. The lowest BCUT2D eigenvalue weighted by Gasteiger charge is -2.23. The fourth-order valence-corrected chi connectivity index (χ4v) is 3.25. The number of benzene rings is 3. The van der Waals surface area contributed by atoms with Crippen LogP contribution in [-0.2, 0) is 0 Å². The summed E-state index contributed by atoms with van der Waals surface area (Å²) in [5.74, 6) is 0.632. The molecule has 11 nitrogen and oxygen atoms in total. The average molecular weight is 496 g/mol. The average Bonchev–Trinajstić information content (AvgIpc) is 2.86. The molecule has 0 radical (unpaired) electrons. The van der Waals surface area contributed by atoms with E-state index in [1.807, 2.05) is 0 Å². The number of carbonyl (C=O) groups is 2. The maximum atomic E-state index is 13.4. The van der Waals surface area contributed by atoms with E-state index in [0.29, 0.717) is 16.7 Å². The van der Waals surface area contributed by atoms with E-state index in [1.54, 1.807) is 69.9 Å².